The van der Waals surface area contributed by atoms with E-state index < -0.39 is 0 Å². The van der Waals surface area contributed by atoms with Crippen LogP contribution in [-0.4, -0.2) is 19.1 Å². The minimum atomic E-state index is -0.0514. The smallest absolute Gasteiger partial charge is 0.0769 e. The summed E-state index contributed by atoms with van der Waals surface area (Å²) >= 11 is 0. The van der Waals surface area contributed by atoms with Gasteiger partial charge in [-0.3, -0.25) is 0 Å². The Balaban J connectivity index is 1.84. The maximum atomic E-state index is 5.99. The lowest BCUT2D eigenvalue weighted by Gasteiger charge is -2.27. The number of fused-ring (bicyclic) bond motifs is 8. The van der Waals surface area contributed by atoms with Gasteiger partial charge in [0.15, 0.2) is 0 Å². The molecule has 0 atom stereocenters. The van der Waals surface area contributed by atoms with Crippen molar-refractivity contribution < 1.29 is 0 Å². The van der Waals surface area contributed by atoms with Crippen molar-refractivity contribution in [1.29, 1.82) is 0 Å². The van der Waals surface area contributed by atoms with Crippen LogP contribution in [0, 0.1) is 27.7 Å². The van der Waals surface area contributed by atoms with E-state index in [9.17, 15) is 0 Å². The van der Waals surface area contributed by atoms with E-state index in [1.165, 1.54) is 88.9 Å². The molecule has 0 fully saturated rings. The molecule has 0 radical (unpaired) electrons. The van der Waals surface area contributed by atoms with E-state index in [-0.39, 0.29) is 21.7 Å². The molecular formula is C56H70N4. The van der Waals surface area contributed by atoms with Crippen molar-refractivity contribution in [3.8, 4) is 22.3 Å². The van der Waals surface area contributed by atoms with Crippen LogP contribution in [0.5, 0.6) is 0 Å². The van der Waals surface area contributed by atoms with E-state index in [1.807, 2.05) is 0 Å². The molecule has 0 amide bonds. The molecule has 2 aliphatic rings. The van der Waals surface area contributed by atoms with Crippen molar-refractivity contribution in [2.45, 2.75) is 146 Å². The average molecular weight is 799 g/mol. The maximum absolute atomic E-state index is 5.99. The van der Waals surface area contributed by atoms with Crippen LogP contribution >= 0.6 is 0 Å². The molecule has 2 aromatic carbocycles. The van der Waals surface area contributed by atoms with Gasteiger partial charge in [-0.2, -0.15) is 0 Å². The molecule has 5 aromatic rings. The predicted molar refractivity (Wildman–Crippen MR) is 262 cm³/mol. The standard InChI is InChI=1S/C56H70N4/c1-31-35(5)51-47(37-23-39(53(7,8)9)27-40(24-37)54(10,11)12)49-33(3)34(4)50(58-49)48(38-25-41(55(13,14)15)28-42(26-38)56(16,17)18)52-36(6)32(2)46(60(52)20)30-44-22-21-43(57-44)29-45(31)59(51)19/h21-30H,1-20H3. The zero-order valence-corrected chi connectivity index (χ0v) is 40.6. The zero-order chi connectivity index (χ0) is 44.3. The highest BCUT2D eigenvalue weighted by molar-refractivity contribution is 6.05. The van der Waals surface area contributed by atoms with E-state index in [1.54, 1.807) is 0 Å². The van der Waals surface area contributed by atoms with Gasteiger partial charge in [0.2, 0.25) is 0 Å². The molecule has 0 unspecified atom stereocenters. The largest absolute Gasteiger partial charge is 0.344 e. The van der Waals surface area contributed by atoms with Crippen molar-refractivity contribution in [2.75, 3.05) is 0 Å². The van der Waals surface area contributed by atoms with Crippen LogP contribution in [0.3, 0.4) is 0 Å². The molecule has 4 heteroatoms. The second-order valence-electron chi connectivity index (χ2n) is 22.1. The second-order valence-corrected chi connectivity index (χ2v) is 22.1. The fraction of sp³-hybridized carbons (Fsp3) is 0.429. The third-order valence-electron chi connectivity index (χ3n) is 13.6. The first-order valence-corrected chi connectivity index (χ1v) is 22.0. The van der Waals surface area contributed by atoms with E-state index in [0.717, 1.165) is 33.8 Å². The molecule has 0 saturated heterocycles. The van der Waals surface area contributed by atoms with Gasteiger partial charge < -0.3 is 9.13 Å². The summed E-state index contributed by atoms with van der Waals surface area (Å²) in [6.45, 7) is 41.7. The Morgan fingerprint density at radius 2 is 0.683 bits per heavy atom. The van der Waals surface area contributed by atoms with E-state index >= 15 is 0 Å². The summed E-state index contributed by atoms with van der Waals surface area (Å²) in [4.78, 5) is 11.2. The molecule has 0 saturated carbocycles. The molecule has 4 nitrogen and oxygen atoms in total. The summed E-state index contributed by atoms with van der Waals surface area (Å²) in [6, 6.07) is 19.2. The predicted octanol–water partition coefficient (Wildman–Crippen LogP) is 15.2. The van der Waals surface area contributed by atoms with Crippen LogP contribution < -0.4 is 0 Å². The Morgan fingerprint density at radius 1 is 0.383 bits per heavy atom. The number of hydrogen-bond donors (Lipinski definition) is 0. The van der Waals surface area contributed by atoms with Crippen molar-refractivity contribution >= 4 is 45.4 Å². The van der Waals surface area contributed by atoms with E-state index in [2.05, 4.69) is 209 Å². The third kappa shape index (κ3) is 7.32. The second kappa shape index (κ2) is 14.3. The first-order valence-electron chi connectivity index (χ1n) is 22.0. The maximum Gasteiger partial charge on any atom is 0.0769 e. The van der Waals surface area contributed by atoms with Crippen LogP contribution in [0.1, 0.15) is 164 Å². The van der Waals surface area contributed by atoms with Crippen molar-refractivity contribution in [3.05, 3.63) is 116 Å². The number of rotatable bonds is 2. The number of allylic oxidation sites excluding steroid dienone is 2. The van der Waals surface area contributed by atoms with Crippen LogP contribution in [0.4, 0.5) is 0 Å². The van der Waals surface area contributed by atoms with Gasteiger partial charge in [-0.1, -0.05) is 119 Å². The first kappa shape index (κ1) is 43.1. The molecule has 0 spiro atoms. The molecule has 2 aliphatic heterocycles. The number of hydrogen-bond acceptors (Lipinski definition) is 2. The normalized spacial score (nSPS) is 13.9. The van der Waals surface area contributed by atoms with Crippen LogP contribution in [0.15, 0.2) is 48.5 Å². The number of aromatic nitrogens is 4. The summed E-state index contributed by atoms with van der Waals surface area (Å²) in [7, 11) is 4.46. The summed E-state index contributed by atoms with van der Waals surface area (Å²) < 4.78 is 4.80. The highest BCUT2D eigenvalue weighted by Gasteiger charge is 2.30. The van der Waals surface area contributed by atoms with Gasteiger partial charge in [-0.25, -0.2) is 9.97 Å². The van der Waals surface area contributed by atoms with Gasteiger partial charge in [0.1, 0.15) is 0 Å². The van der Waals surface area contributed by atoms with Crippen molar-refractivity contribution in [2.24, 2.45) is 14.1 Å². The van der Waals surface area contributed by atoms with Gasteiger partial charge >= 0.3 is 0 Å². The molecule has 7 rings (SSSR count). The Hall–Kier alpha value is -4.96. The van der Waals surface area contributed by atoms with Crippen molar-refractivity contribution in [3.63, 3.8) is 0 Å². The average Bonchev–Trinajstić information content (AvgIpc) is 3.82. The Bertz CT molecular complexity index is 2600. The van der Waals surface area contributed by atoms with Crippen LogP contribution in [0.25, 0.3) is 67.6 Å². The highest BCUT2D eigenvalue weighted by Crippen LogP contribution is 2.47. The zero-order valence-electron chi connectivity index (χ0n) is 40.6. The minimum Gasteiger partial charge on any atom is -0.344 e. The fourth-order valence-electron chi connectivity index (χ4n) is 9.11. The summed E-state index contributed by atoms with van der Waals surface area (Å²) in [5.74, 6) is 0. The molecule has 8 bridgehead atoms. The molecule has 314 valence electrons. The SMILES string of the molecule is CC1=C(C)c2nc1c(-c1cc(C(C)(C)C)cc(C(C)(C)C)c1)c1c(C)c(C)c(cc3nc(cc4c(C)c(C)c(c2-c2cc(C(C)(C)C)cc(C(C)(C)C)c2)n4C)C=C3)n1C. The third-order valence-corrected chi connectivity index (χ3v) is 13.6. The van der Waals surface area contributed by atoms with Crippen molar-refractivity contribution in [1.82, 2.24) is 19.1 Å². The van der Waals surface area contributed by atoms with Gasteiger partial charge in [0, 0.05) is 36.3 Å². The molecule has 60 heavy (non-hydrogen) atoms. The lowest BCUT2D eigenvalue weighted by Crippen LogP contribution is -2.16. The summed E-state index contributed by atoms with van der Waals surface area (Å²) in [6.07, 6.45) is 4.32. The summed E-state index contributed by atoms with van der Waals surface area (Å²) in [5, 5.41) is 0. The summed E-state index contributed by atoms with van der Waals surface area (Å²) in [5.41, 5.74) is 26.1. The van der Waals surface area contributed by atoms with Crippen LogP contribution in [-0.2, 0) is 35.8 Å². The first-order chi connectivity index (χ1) is 27.6. The van der Waals surface area contributed by atoms with E-state index in [0.29, 0.717) is 0 Å². The van der Waals surface area contributed by atoms with Gasteiger partial charge in [0.05, 0.1) is 33.8 Å². The molecule has 3 aromatic heterocycles. The lowest BCUT2D eigenvalue weighted by molar-refractivity contribution is 0.568. The quantitative estimate of drug-likeness (QED) is 0.175. The highest BCUT2D eigenvalue weighted by atomic mass is 15.0. The monoisotopic (exact) mass is 799 g/mol. The van der Waals surface area contributed by atoms with E-state index in [4.69, 9.17) is 9.97 Å². The Labute approximate surface area is 361 Å². The van der Waals surface area contributed by atoms with Crippen LogP contribution in [0.2, 0.25) is 0 Å². The topological polar surface area (TPSA) is 35.6 Å². The number of nitrogens with zero attached hydrogens (tertiary/aromatic N) is 4. The Kier molecular flexibility index (Phi) is 10.3. The Morgan fingerprint density at radius 3 is 0.967 bits per heavy atom. The van der Waals surface area contributed by atoms with Gasteiger partial charge in [-0.15, -0.1) is 0 Å². The van der Waals surface area contributed by atoms with Gasteiger partial charge in [0.25, 0.3) is 0 Å². The molecule has 0 aliphatic carbocycles. The number of benzene rings is 2. The minimum absolute atomic E-state index is 0.0514. The molecular weight excluding hydrogens is 729 g/mol. The lowest BCUT2D eigenvalue weighted by atomic mass is 9.78. The molecule has 5 heterocycles. The molecule has 0 N–H and O–H groups in total. The fourth-order valence-corrected chi connectivity index (χ4v) is 9.11. The number of aryl methyl sites for hydroxylation is 6. The van der Waals surface area contributed by atoms with Gasteiger partial charge in [-0.05, 0) is 154 Å².